The monoisotopic (exact) mass is 293 g/mol. The molecular weight excluding hydrogens is 282 g/mol. The van der Waals surface area contributed by atoms with Gasteiger partial charge in [-0.15, -0.1) is 0 Å². The minimum absolute atomic E-state index is 0.0335. The Balaban J connectivity index is 2.17. The molecule has 0 saturated heterocycles. The van der Waals surface area contributed by atoms with Gasteiger partial charge in [0.2, 0.25) is 0 Å². The number of aliphatic hydroxyl groups is 1. The average molecular weight is 294 g/mol. The van der Waals surface area contributed by atoms with Crippen LogP contribution < -0.4 is 4.74 Å². The van der Waals surface area contributed by atoms with Gasteiger partial charge in [0.05, 0.1) is 17.1 Å². The molecule has 0 amide bonds. The van der Waals surface area contributed by atoms with E-state index in [0.717, 1.165) is 0 Å². The third-order valence-corrected chi connectivity index (χ3v) is 2.95. The molecule has 0 bridgehead atoms. The molecule has 0 spiro atoms. The van der Waals surface area contributed by atoms with Gasteiger partial charge >= 0.3 is 0 Å². The zero-order valence-corrected chi connectivity index (χ0v) is 11.2. The molecule has 20 heavy (non-hydrogen) atoms. The quantitative estimate of drug-likeness (QED) is 0.678. The lowest BCUT2D eigenvalue weighted by atomic mass is 10.2. The first-order valence-corrected chi connectivity index (χ1v) is 6.23. The van der Waals surface area contributed by atoms with Crippen LogP contribution in [0.4, 0.5) is 5.69 Å². The third-order valence-electron chi connectivity index (χ3n) is 2.71. The van der Waals surface area contributed by atoms with Crippen LogP contribution in [-0.4, -0.2) is 10.0 Å². The fourth-order valence-corrected chi connectivity index (χ4v) is 1.94. The second kappa shape index (κ2) is 6.36. The van der Waals surface area contributed by atoms with Crippen molar-refractivity contribution >= 4 is 17.3 Å². The van der Waals surface area contributed by atoms with E-state index >= 15 is 0 Å². The molecule has 0 aliphatic carbocycles. The molecule has 0 saturated carbocycles. The first-order chi connectivity index (χ1) is 9.60. The Hall–Kier alpha value is -2.11. The van der Waals surface area contributed by atoms with Gasteiger partial charge in [0, 0.05) is 11.1 Å². The van der Waals surface area contributed by atoms with Crippen LogP contribution in [0, 0.1) is 10.1 Å². The van der Waals surface area contributed by atoms with Crippen LogP contribution in [-0.2, 0) is 13.2 Å². The van der Waals surface area contributed by atoms with Crippen LogP contribution in [0.15, 0.2) is 42.5 Å². The van der Waals surface area contributed by atoms with Crippen LogP contribution in [0.1, 0.15) is 11.1 Å². The lowest BCUT2D eigenvalue weighted by Crippen LogP contribution is -2.01. The fraction of sp³-hybridized carbons (Fsp3) is 0.143. The van der Waals surface area contributed by atoms with Crippen LogP contribution in [0.3, 0.4) is 0 Å². The third kappa shape index (κ3) is 3.46. The molecule has 0 heterocycles. The fourth-order valence-electron chi connectivity index (χ4n) is 1.74. The number of aliphatic hydroxyl groups excluding tert-OH is 1. The molecule has 0 fully saturated rings. The highest BCUT2D eigenvalue weighted by molar-refractivity contribution is 6.30. The molecule has 5 nitrogen and oxygen atoms in total. The molecule has 0 aliphatic rings. The standard InChI is InChI=1S/C14H12ClNO4/c15-12-4-5-14(16(18)19)11(7-12)9-20-13-3-1-2-10(6-13)8-17/h1-7,17H,8-9H2. The zero-order chi connectivity index (χ0) is 14.5. The van der Waals surface area contributed by atoms with Gasteiger partial charge in [0.15, 0.2) is 0 Å². The van der Waals surface area contributed by atoms with Crippen LogP contribution in [0.5, 0.6) is 5.75 Å². The maximum atomic E-state index is 10.9. The summed E-state index contributed by atoms with van der Waals surface area (Å²) in [4.78, 5) is 10.4. The molecule has 0 radical (unpaired) electrons. The molecule has 0 aromatic heterocycles. The summed E-state index contributed by atoms with van der Waals surface area (Å²) < 4.78 is 5.51. The SMILES string of the molecule is O=[N+]([O-])c1ccc(Cl)cc1COc1cccc(CO)c1. The van der Waals surface area contributed by atoms with Gasteiger partial charge in [0.25, 0.3) is 5.69 Å². The smallest absolute Gasteiger partial charge is 0.276 e. The van der Waals surface area contributed by atoms with Crippen LogP contribution >= 0.6 is 11.6 Å². The highest BCUT2D eigenvalue weighted by Crippen LogP contribution is 2.24. The van der Waals surface area contributed by atoms with Crippen molar-refractivity contribution < 1.29 is 14.8 Å². The van der Waals surface area contributed by atoms with Gasteiger partial charge in [-0.05, 0) is 29.8 Å². The Morgan fingerprint density at radius 1 is 1.25 bits per heavy atom. The lowest BCUT2D eigenvalue weighted by molar-refractivity contribution is -0.385. The summed E-state index contributed by atoms with van der Waals surface area (Å²) in [5, 5.41) is 20.4. The van der Waals surface area contributed by atoms with Crippen molar-refractivity contribution in [2.45, 2.75) is 13.2 Å². The van der Waals surface area contributed by atoms with E-state index in [0.29, 0.717) is 21.9 Å². The van der Waals surface area contributed by atoms with Gasteiger partial charge in [-0.3, -0.25) is 10.1 Å². The number of hydrogen-bond acceptors (Lipinski definition) is 4. The largest absolute Gasteiger partial charge is 0.489 e. The summed E-state index contributed by atoms with van der Waals surface area (Å²) in [7, 11) is 0. The maximum Gasteiger partial charge on any atom is 0.276 e. The van der Waals surface area contributed by atoms with Crippen molar-refractivity contribution in [3.63, 3.8) is 0 Å². The Kier molecular flexibility index (Phi) is 4.55. The van der Waals surface area contributed by atoms with Crippen molar-refractivity contribution in [2.24, 2.45) is 0 Å². The van der Waals surface area contributed by atoms with Crippen molar-refractivity contribution in [3.05, 3.63) is 68.7 Å². The normalized spacial score (nSPS) is 10.3. The zero-order valence-electron chi connectivity index (χ0n) is 10.5. The Morgan fingerprint density at radius 3 is 2.75 bits per heavy atom. The second-order valence-corrected chi connectivity index (χ2v) is 4.56. The summed E-state index contributed by atoms with van der Waals surface area (Å²) in [6.45, 7) is -0.0553. The molecule has 0 unspecified atom stereocenters. The van der Waals surface area contributed by atoms with Crippen molar-refractivity contribution in [1.82, 2.24) is 0 Å². The number of hydrogen-bond donors (Lipinski definition) is 1. The van der Waals surface area contributed by atoms with Gasteiger partial charge in [0.1, 0.15) is 12.4 Å². The van der Waals surface area contributed by atoms with Gasteiger partial charge < -0.3 is 9.84 Å². The number of benzene rings is 2. The molecule has 6 heteroatoms. The van der Waals surface area contributed by atoms with E-state index in [4.69, 9.17) is 21.4 Å². The summed E-state index contributed by atoms with van der Waals surface area (Å²) in [6.07, 6.45) is 0. The van der Waals surface area contributed by atoms with E-state index in [9.17, 15) is 10.1 Å². The number of ether oxygens (including phenoxy) is 1. The minimum atomic E-state index is -0.473. The topological polar surface area (TPSA) is 72.6 Å². The summed E-state index contributed by atoms with van der Waals surface area (Å²) >= 11 is 5.84. The van der Waals surface area contributed by atoms with Crippen LogP contribution in [0.25, 0.3) is 0 Å². The number of nitro benzene ring substituents is 1. The predicted molar refractivity (Wildman–Crippen MR) is 74.8 cm³/mol. The Bertz CT molecular complexity index is 630. The number of rotatable bonds is 5. The van der Waals surface area contributed by atoms with E-state index in [1.54, 1.807) is 24.3 Å². The van der Waals surface area contributed by atoms with E-state index < -0.39 is 4.92 Å². The predicted octanol–water partition coefficient (Wildman–Crippen LogP) is 3.32. The highest BCUT2D eigenvalue weighted by Gasteiger charge is 2.14. The number of halogens is 1. The molecular formula is C14H12ClNO4. The maximum absolute atomic E-state index is 10.9. The first kappa shape index (κ1) is 14.3. The lowest BCUT2D eigenvalue weighted by Gasteiger charge is -2.08. The Morgan fingerprint density at radius 2 is 2.05 bits per heavy atom. The minimum Gasteiger partial charge on any atom is -0.489 e. The Labute approximate surface area is 120 Å². The summed E-state index contributed by atoms with van der Waals surface area (Å²) in [5.41, 5.74) is 1.08. The number of nitro groups is 1. The molecule has 1 N–H and O–H groups in total. The van der Waals surface area contributed by atoms with Gasteiger partial charge in [-0.2, -0.15) is 0 Å². The molecule has 2 aromatic rings. The molecule has 0 aliphatic heterocycles. The van der Waals surface area contributed by atoms with E-state index in [1.807, 2.05) is 0 Å². The van der Waals surface area contributed by atoms with Crippen molar-refractivity contribution in [2.75, 3.05) is 0 Å². The molecule has 2 rings (SSSR count). The molecule has 104 valence electrons. The van der Waals surface area contributed by atoms with Crippen molar-refractivity contribution in [1.29, 1.82) is 0 Å². The van der Waals surface area contributed by atoms with E-state index in [-0.39, 0.29) is 18.9 Å². The van der Waals surface area contributed by atoms with E-state index in [1.165, 1.54) is 18.2 Å². The van der Waals surface area contributed by atoms with Gasteiger partial charge in [-0.25, -0.2) is 0 Å². The average Bonchev–Trinajstić information content (AvgIpc) is 2.45. The number of nitrogens with zero attached hydrogens (tertiary/aromatic N) is 1. The van der Waals surface area contributed by atoms with Gasteiger partial charge in [-0.1, -0.05) is 23.7 Å². The molecule has 2 aromatic carbocycles. The summed E-state index contributed by atoms with van der Waals surface area (Å²) in [5.74, 6) is 0.533. The van der Waals surface area contributed by atoms with E-state index in [2.05, 4.69) is 0 Å². The molecule has 0 atom stereocenters. The summed E-state index contributed by atoms with van der Waals surface area (Å²) in [6, 6.07) is 11.2. The highest BCUT2D eigenvalue weighted by atomic mass is 35.5. The first-order valence-electron chi connectivity index (χ1n) is 5.85. The van der Waals surface area contributed by atoms with Crippen LogP contribution in [0.2, 0.25) is 5.02 Å². The van der Waals surface area contributed by atoms with Crippen molar-refractivity contribution in [3.8, 4) is 5.75 Å². The second-order valence-electron chi connectivity index (χ2n) is 4.12.